The van der Waals surface area contributed by atoms with Crippen LogP contribution in [0.15, 0.2) is 24.5 Å². The lowest BCUT2D eigenvalue weighted by molar-refractivity contribution is 0.753. The van der Waals surface area contributed by atoms with Gasteiger partial charge in [-0.2, -0.15) is 0 Å². The molecule has 0 fully saturated rings. The molecule has 2 heteroatoms. The van der Waals surface area contributed by atoms with Crippen molar-refractivity contribution in [3.05, 3.63) is 52.6 Å². The van der Waals surface area contributed by atoms with Crippen molar-refractivity contribution in [3.8, 4) is 0 Å². The first-order valence-electron chi connectivity index (χ1n) is 5.62. The van der Waals surface area contributed by atoms with Gasteiger partial charge in [0.05, 0.1) is 0 Å². The Labute approximate surface area is 97.0 Å². The van der Waals surface area contributed by atoms with Crippen LogP contribution >= 0.6 is 0 Å². The predicted molar refractivity (Wildman–Crippen MR) is 66.7 cm³/mol. The summed E-state index contributed by atoms with van der Waals surface area (Å²) in [5.41, 5.74) is 5.48. The van der Waals surface area contributed by atoms with E-state index in [0.717, 1.165) is 12.4 Å². The molecule has 0 radical (unpaired) electrons. The Hall–Kier alpha value is -1.57. The maximum atomic E-state index is 4.25. The summed E-state index contributed by atoms with van der Waals surface area (Å²) in [6.07, 6.45) is 3.89. The molecule has 2 aromatic rings. The lowest BCUT2D eigenvalue weighted by Crippen LogP contribution is -2.04. The molecule has 0 unspecified atom stereocenters. The summed E-state index contributed by atoms with van der Waals surface area (Å²) in [6.45, 7) is 9.47. The van der Waals surface area contributed by atoms with Gasteiger partial charge in [-0.3, -0.25) is 0 Å². The van der Waals surface area contributed by atoms with Crippen LogP contribution in [0.1, 0.15) is 28.1 Å². The van der Waals surface area contributed by atoms with Crippen LogP contribution in [0.5, 0.6) is 0 Å². The Bertz CT molecular complexity index is 486. The van der Waals surface area contributed by atoms with E-state index in [-0.39, 0.29) is 0 Å². The molecule has 0 bridgehead atoms. The first-order valence-corrected chi connectivity index (χ1v) is 5.62. The largest absolute Gasteiger partial charge is 0.331 e. The average Bonchev–Trinajstić information content (AvgIpc) is 2.57. The number of imidazole rings is 1. The molecule has 0 saturated carbocycles. The molecular formula is C14H18N2. The number of hydrogen-bond acceptors (Lipinski definition) is 1. The van der Waals surface area contributed by atoms with Gasteiger partial charge in [-0.1, -0.05) is 17.7 Å². The summed E-state index contributed by atoms with van der Waals surface area (Å²) in [6, 6.07) is 4.49. The fraction of sp³-hybridized carbons (Fsp3) is 0.357. The van der Waals surface area contributed by atoms with Crippen molar-refractivity contribution >= 4 is 0 Å². The third kappa shape index (κ3) is 2.01. The van der Waals surface area contributed by atoms with Crippen molar-refractivity contribution in [2.45, 2.75) is 34.2 Å². The first kappa shape index (κ1) is 10.9. The smallest absolute Gasteiger partial charge is 0.105 e. The van der Waals surface area contributed by atoms with Crippen molar-refractivity contribution in [2.24, 2.45) is 0 Å². The molecule has 1 aromatic heterocycles. The number of aryl methyl sites for hydroxylation is 4. The lowest BCUT2D eigenvalue weighted by atomic mass is 10.00. The molecule has 0 aliphatic carbocycles. The van der Waals surface area contributed by atoms with Gasteiger partial charge in [0, 0.05) is 18.9 Å². The van der Waals surface area contributed by atoms with E-state index in [0.29, 0.717) is 0 Å². The van der Waals surface area contributed by atoms with Gasteiger partial charge in [0.1, 0.15) is 5.82 Å². The Morgan fingerprint density at radius 2 is 1.69 bits per heavy atom. The van der Waals surface area contributed by atoms with Gasteiger partial charge in [0.15, 0.2) is 0 Å². The molecule has 0 atom stereocenters. The van der Waals surface area contributed by atoms with Crippen LogP contribution in [-0.4, -0.2) is 9.55 Å². The summed E-state index contributed by atoms with van der Waals surface area (Å²) in [7, 11) is 0. The van der Waals surface area contributed by atoms with E-state index in [9.17, 15) is 0 Å². The highest BCUT2D eigenvalue weighted by molar-refractivity contribution is 5.37. The van der Waals surface area contributed by atoms with Crippen molar-refractivity contribution in [1.82, 2.24) is 9.55 Å². The molecule has 84 valence electrons. The van der Waals surface area contributed by atoms with Gasteiger partial charge in [-0.05, 0) is 44.4 Å². The van der Waals surface area contributed by atoms with Gasteiger partial charge < -0.3 is 4.57 Å². The SMILES string of the molecule is Cc1cc(C)c(Cn2ccnc2C)c(C)c1. The molecule has 16 heavy (non-hydrogen) atoms. The molecule has 0 N–H and O–H groups in total. The van der Waals surface area contributed by atoms with E-state index in [2.05, 4.69) is 42.5 Å². The molecule has 1 aromatic carbocycles. The normalized spacial score (nSPS) is 10.8. The Morgan fingerprint density at radius 1 is 1.06 bits per heavy atom. The van der Waals surface area contributed by atoms with Crippen LogP contribution in [0.3, 0.4) is 0 Å². The van der Waals surface area contributed by atoms with Gasteiger partial charge in [-0.25, -0.2) is 4.98 Å². The molecular weight excluding hydrogens is 196 g/mol. The van der Waals surface area contributed by atoms with E-state index in [1.54, 1.807) is 0 Å². The maximum Gasteiger partial charge on any atom is 0.105 e. The molecule has 0 saturated heterocycles. The van der Waals surface area contributed by atoms with E-state index in [4.69, 9.17) is 0 Å². The zero-order valence-electron chi connectivity index (χ0n) is 10.4. The number of benzene rings is 1. The van der Waals surface area contributed by atoms with Crippen LogP contribution in [0, 0.1) is 27.7 Å². The number of hydrogen-bond donors (Lipinski definition) is 0. The quantitative estimate of drug-likeness (QED) is 0.751. The highest BCUT2D eigenvalue weighted by atomic mass is 15.0. The average molecular weight is 214 g/mol. The third-order valence-electron chi connectivity index (χ3n) is 3.09. The van der Waals surface area contributed by atoms with Crippen molar-refractivity contribution < 1.29 is 0 Å². The summed E-state index contributed by atoms with van der Waals surface area (Å²) < 4.78 is 2.19. The van der Waals surface area contributed by atoms with Crippen LogP contribution in [0.25, 0.3) is 0 Å². The topological polar surface area (TPSA) is 17.8 Å². The second kappa shape index (κ2) is 4.12. The minimum absolute atomic E-state index is 0.920. The summed E-state index contributed by atoms with van der Waals surface area (Å²) in [4.78, 5) is 4.25. The number of aromatic nitrogens is 2. The van der Waals surface area contributed by atoms with E-state index < -0.39 is 0 Å². The third-order valence-corrected chi connectivity index (χ3v) is 3.09. The van der Waals surface area contributed by atoms with Crippen molar-refractivity contribution in [1.29, 1.82) is 0 Å². The molecule has 2 rings (SSSR count). The fourth-order valence-corrected chi connectivity index (χ4v) is 2.20. The van der Waals surface area contributed by atoms with E-state index in [1.807, 2.05) is 19.3 Å². The Morgan fingerprint density at radius 3 is 2.19 bits per heavy atom. The van der Waals surface area contributed by atoms with Crippen molar-refractivity contribution in [2.75, 3.05) is 0 Å². The van der Waals surface area contributed by atoms with E-state index in [1.165, 1.54) is 22.3 Å². The molecule has 1 heterocycles. The summed E-state index contributed by atoms with van der Waals surface area (Å²) in [5.74, 6) is 1.07. The second-order valence-corrected chi connectivity index (χ2v) is 4.48. The molecule has 0 aliphatic heterocycles. The van der Waals surface area contributed by atoms with Crippen LogP contribution in [-0.2, 0) is 6.54 Å². The van der Waals surface area contributed by atoms with Gasteiger partial charge in [-0.15, -0.1) is 0 Å². The minimum atomic E-state index is 0.920. The standard InChI is InChI=1S/C14H18N2/c1-10-7-11(2)14(12(3)8-10)9-16-6-5-15-13(16)4/h5-8H,9H2,1-4H3. The molecule has 0 spiro atoms. The molecule has 2 nitrogen and oxygen atoms in total. The summed E-state index contributed by atoms with van der Waals surface area (Å²) in [5, 5.41) is 0. The van der Waals surface area contributed by atoms with Crippen LogP contribution in [0.2, 0.25) is 0 Å². The molecule has 0 amide bonds. The minimum Gasteiger partial charge on any atom is -0.331 e. The van der Waals surface area contributed by atoms with Crippen molar-refractivity contribution in [3.63, 3.8) is 0 Å². The Balaban J connectivity index is 2.39. The zero-order valence-corrected chi connectivity index (χ0v) is 10.4. The van der Waals surface area contributed by atoms with E-state index >= 15 is 0 Å². The Kier molecular flexibility index (Phi) is 2.82. The predicted octanol–water partition coefficient (Wildman–Crippen LogP) is 3.17. The van der Waals surface area contributed by atoms with Gasteiger partial charge in [0.25, 0.3) is 0 Å². The highest BCUT2D eigenvalue weighted by Crippen LogP contribution is 2.18. The van der Waals surface area contributed by atoms with Gasteiger partial charge >= 0.3 is 0 Å². The zero-order chi connectivity index (χ0) is 11.7. The number of rotatable bonds is 2. The van der Waals surface area contributed by atoms with Crippen LogP contribution in [0.4, 0.5) is 0 Å². The lowest BCUT2D eigenvalue weighted by Gasteiger charge is -2.12. The summed E-state index contributed by atoms with van der Waals surface area (Å²) >= 11 is 0. The first-order chi connectivity index (χ1) is 7.58. The van der Waals surface area contributed by atoms with Crippen LogP contribution < -0.4 is 0 Å². The monoisotopic (exact) mass is 214 g/mol. The fourth-order valence-electron chi connectivity index (χ4n) is 2.20. The van der Waals surface area contributed by atoms with Gasteiger partial charge in [0.2, 0.25) is 0 Å². The molecule has 0 aliphatic rings. The maximum absolute atomic E-state index is 4.25. The number of nitrogens with zero attached hydrogens (tertiary/aromatic N) is 2. The highest BCUT2D eigenvalue weighted by Gasteiger charge is 2.05. The second-order valence-electron chi connectivity index (χ2n) is 4.48.